The quantitative estimate of drug-likeness (QED) is 0.800. The highest BCUT2D eigenvalue weighted by atomic mass is 16.2. The van der Waals surface area contributed by atoms with E-state index in [2.05, 4.69) is 5.32 Å². The zero-order valence-electron chi connectivity index (χ0n) is 12.3. The molecule has 1 aromatic heterocycles. The third kappa shape index (κ3) is 3.82. The van der Waals surface area contributed by atoms with Crippen LogP contribution >= 0.6 is 0 Å². The normalized spacial score (nSPS) is 16.4. The summed E-state index contributed by atoms with van der Waals surface area (Å²) in [5.41, 5.74) is -0.393. The third-order valence-corrected chi connectivity index (χ3v) is 4.08. The van der Waals surface area contributed by atoms with Crippen LogP contribution in [0.2, 0.25) is 0 Å². The topological polar surface area (TPSA) is 56.0 Å². The van der Waals surface area contributed by atoms with Crippen molar-refractivity contribution in [2.45, 2.75) is 64.6 Å². The predicted octanol–water partition coefficient (Wildman–Crippen LogP) is 1.34. The Morgan fingerprint density at radius 3 is 2.70 bits per heavy atom. The summed E-state index contributed by atoms with van der Waals surface area (Å²) in [6.45, 7) is 3.87. The molecule has 1 aliphatic rings. The number of nitrogens with zero attached hydrogens (tertiary/aromatic N) is 2. The highest BCUT2D eigenvalue weighted by Gasteiger charge is 2.12. The maximum absolute atomic E-state index is 12.0. The third-order valence-electron chi connectivity index (χ3n) is 4.08. The Labute approximate surface area is 119 Å². The van der Waals surface area contributed by atoms with E-state index in [9.17, 15) is 9.59 Å². The Kier molecular flexibility index (Phi) is 5.59. The molecule has 1 aromatic rings. The zero-order chi connectivity index (χ0) is 14.4. The summed E-state index contributed by atoms with van der Waals surface area (Å²) in [4.78, 5) is 23.8. The maximum Gasteiger partial charge on any atom is 0.330 e. The highest BCUT2D eigenvalue weighted by molar-refractivity contribution is 4.86. The minimum atomic E-state index is -0.197. The van der Waals surface area contributed by atoms with Crippen LogP contribution in [0.4, 0.5) is 0 Å². The lowest BCUT2D eigenvalue weighted by molar-refractivity contribution is 0.367. The van der Waals surface area contributed by atoms with Gasteiger partial charge in [-0.3, -0.25) is 9.36 Å². The molecule has 1 fully saturated rings. The number of hydrogen-bond acceptors (Lipinski definition) is 3. The molecule has 0 bridgehead atoms. The lowest BCUT2D eigenvalue weighted by atomic mass is 9.95. The predicted molar refractivity (Wildman–Crippen MR) is 80.1 cm³/mol. The molecule has 1 aliphatic carbocycles. The molecule has 0 aromatic carbocycles. The molecule has 1 saturated carbocycles. The van der Waals surface area contributed by atoms with Crippen LogP contribution in [0.5, 0.6) is 0 Å². The van der Waals surface area contributed by atoms with E-state index in [1.54, 1.807) is 10.8 Å². The van der Waals surface area contributed by atoms with Crippen molar-refractivity contribution in [2.75, 3.05) is 6.54 Å². The van der Waals surface area contributed by atoms with Crippen molar-refractivity contribution in [1.82, 2.24) is 14.5 Å². The van der Waals surface area contributed by atoms with E-state index in [4.69, 9.17) is 0 Å². The van der Waals surface area contributed by atoms with Gasteiger partial charge in [-0.25, -0.2) is 4.79 Å². The van der Waals surface area contributed by atoms with Gasteiger partial charge in [0.2, 0.25) is 0 Å². The summed E-state index contributed by atoms with van der Waals surface area (Å²) >= 11 is 0. The van der Waals surface area contributed by atoms with Crippen molar-refractivity contribution >= 4 is 0 Å². The monoisotopic (exact) mass is 279 g/mol. The lowest BCUT2D eigenvalue weighted by Crippen LogP contribution is -2.39. The molecule has 20 heavy (non-hydrogen) atoms. The first-order chi connectivity index (χ1) is 9.72. The molecule has 2 rings (SSSR count). The molecule has 0 aliphatic heterocycles. The van der Waals surface area contributed by atoms with Crippen molar-refractivity contribution in [2.24, 2.45) is 0 Å². The summed E-state index contributed by atoms with van der Waals surface area (Å²) in [6, 6.07) is 2.10. The van der Waals surface area contributed by atoms with Crippen LogP contribution in [0.3, 0.4) is 0 Å². The van der Waals surface area contributed by atoms with Crippen LogP contribution in [0.25, 0.3) is 0 Å². The Balaban J connectivity index is 1.84. The van der Waals surface area contributed by atoms with Crippen molar-refractivity contribution in [3.05, 3.63) is 33.1 Å². The van der Waals surface area contributed by atoms with E-state index < -0.39 is 0 Å². The van der Waals surface area contributed by atoms with Gasteiger partial charge < -0.3 is 9.88 Å². The standard InChI is InChI=1S/C15H25N3O2/c1-2-17-12-9-14(19)18(15(17)20)11-6-10-16-13-7-4-3-5-8-13/h9,12-13,16H,2-8,10-11H2,1H3. The number of rotatable bonds is 6. The van der Waals surface area contributed by atoms with Crippen LogP contribution < -0.4 is 16.6 Å². The lowest BCUT2D eigenvalue weighted by Gasteiger charge is -2.22. The molecule has 5 heteroatoms. The first kappa shape index (κ1) is 15.0. The Morgan fingerprint density at radius 1 is 1.25 bits per heavy atom. The average molecular weight is 279 g/mol. The minimum absolute atomic E-state index is 0.197. The molecule has 0 amide bonds. The maximum atomic E-state index is 12.0. The molecule has 0 radical (unpaired) electrons. The molecule has 1 N–H and O–H groups in total. The Morgan fingerprint density at radius 2 is 2.00 bits per heavy atom. The molecule has 0 saturated heterocycles. The summed E-state index contributed by atoms with van der Waals surface area (Å²) in [7, 11) is 0. The molecule has 0 atom stereocenters. The Hall–Kier alpha value is -1.36. The SMILES string of the molecule is CCn1ccc(=O)n(CCCNC2CCCCC2)c1=O. The van der Waals surface area contributed by atoms with Gasteiger partial charge in [0.15, 0.2) is 0 Å². The highest BCUT2D eigenvalue weighted by Crippen LogP contribution is 2.17. The van der Waals surface area contributed by atoms with Crippen molar-refractivity contribution in [3.63, 3.8) is 0 Å². The minimum Gasteiger partial charge on any atom is -0.314 e. The number of hydrogen-bond donors (Lipinski definition) is 1. The van der Waals surface area contributed by atoms with Gasteiger partial charge in [0.25, 0.3) is 5.56 Å². The van der Waals surface area contributed by atoms with Crippen molar-refractivity contribution in [1.29, 1.82) is 0 Å². The second kappa shape index (κ2) is 7.43. The van der Waals surface area contributed by atoms with Gasteiger partial charge >= 0.3 is 5.69 Å². The van der Waals surface area contributed by atoms with Gasteiger partial charge in [-0.2, -0.15) is 0 Å². The van der Waals surface area contributed by atoms with Crippen LogP contribution in [0.15, 0.2) is 21.9 Å². The number of nitrogens with one attached hydrogen (secondary N) is 1. The second-order valence-corrected chi connectivity index (χ2v) is 5.52. The van der Waals surface area contributed by atoms with Gasteiger partial charge in [0.1, 0.15) is 0 Å². The first-order valence-corrected chi connectivity index (χ1v) is 7.76. The number of aromatic nitrogens is 2. The fourth-order valence-corrected chi connectivity index (χ4v) is 2.85. The van der Waals surface area contributed by atoms with Gasteiger partial charge in [-0.15, -0.1) is 0 Å². The van der Waals surface area contributed by atoms with Crippen LogP contribution in [0, 0.1) is 0 Å². The molecule has 0 unspecified atom stereocenters. The van der Waals surface area contributed by atoms with E-state index in [-0.39, 0.29) is 11.2 Å². The van der Waals surface area contributed by atoms with Crippen molar-refractivity contribution < 1.29 is 0 Å². The fraction of sp³-hybridized carbons (Fsp3) is 0.733. The summed E-state index contributed by atoms with van der Waals surface area (Å²) < 4.78 is 2.90. The first-order valence-electron chi connectivity index (χ1n) is 7.76. The van der Waals surface area contributed by atoms with Crippen molar-refractivity contribution in [3.8, 4) is 0 Å². The van der Waals surface area contributed by atoms with Crippen LogP contribution in [-0.2, 0) is 13.1 Å². The summed E-state index contributed by atoms with van der Waals surface area (Å²) in [5.74, 6) is 0. The van der Waals surface area contributed by atoms with Crippen LogP contribution in [-0.4, -0.2) is 21.7 Å². The zero-order valence-corrected chi connectivity index (χ0v) is 12.3. The summed E-state index contributed by atoms with van der Waals surface area (Å²) in [6.07, 6.45) is 8.89. The van der Waals surface area contributed by atoms with Gasteiger partial charge in [0, 0.05) is 31.4 Å². The Bertz CT molecular complexity index is 527. The van der Waals surface area contributed by atoms with E-state index in [0.29, 0.717) is 19.1 Å². The largest absolute Gasteiger partial charge is 0.330 e. The second-order valence-electron chi connectivity index (χ2n) is 5.52. The molecular formula is C15H25N3O2. The van der Waals surface area contributed by atoms with E-state index in [0.717, 1.165) is 13.0 Å². The molecule has 0 spiro atoms. The average Bonchev–Trinajstić information content (AvgIpc) is 2.47. The van der Waals surface area contributed by atoms with Gasteiger partial charge in [-0.05, 0) is 32.7 Å². The smallest absolute Gasteiger partial charge is 0.314 e. The number of aryl methyl sites for hydroxylation is 1. The van der Waals surface area contributed by atoms with Crippen LogP contribution in [0.1, 0.15) is 45.4 Å². The molecule has 112 valence electrons. The summed E-state index contributed by atoms with van der Waals surface area (Å²) in [5, 5.41) is 3.54. The van der Waals surface area contributed by atoms with Gasteiger partial charge in [-0.1, -0.05) is 19.3 Å². The molecular weight excluding hydrogens is 254 g/mol. The van der Waals surface area contributed by atoms with E-state index >= 15 is 0 Å². The molecule has 1 heterocycles. The van der Waals surface area contributed by atoms with Gasteiger partial charge in [0.05, 0.1) is 0 Å². The fourth-order valence-electron chi connectivity index (χ4n) is 2.85. The molecule has 5 nitrogen and oxygen atoms in total. The van der Waals surface area contributed by atoms with E-state index in [1.165, 1.54) is 42.7 Å². The van der Waals surface area contributed by atoms with E-state index in [1.807, 2.05) is 6.92 Å².